The van der Waals surface area contributed by atoms with Crippen molar-refractivity contribution in [2.75, 3.05) is 0 Å². The highest BCUT2D eigenvalue weighted by Crippen LogP contribution is 2.22. The van der Waals surface area contributed by atoms with Crippen molar-refractivity contribution in [3.63, 3.8) is 0 Å². The second-order valence-electron chi connectivity index (χ2n) is 3.00. The van der Waals surface area contributed by atoms with Crippen LogP contribution in [-0.2, 0) is 0 Å². The van der Waals surface area contributed by atoms with Crippen LogP contribution in [0.4, 0.5) is 0 Å². The first kappa shape index (κ1) is 6.60. The van der Waals surface area contributed by atoms with Gasteiger partial charge in [-0.15, -0.1) is 0 Å². The van der Waals surface area contributed by atoms with Gasteiger partial charge in [0.25, 0.3) is 0 Å². The minimum Gasteiger partial charge on any atom is -0.197 e. The van der Waals surface area contributed by atoms with Crippen molar-refractivity contribution in [1.29, 1.82) is 0 Å². The summed E-state index contributed by atoms with van der Waals surface area (Å²) in [6.07, 6.45) is 1.79. The molecule has 0 spiro atoms. The smallest absolute Gasteiger partial charge is 0.102 e. The fraction of sp³-hybridized carbons (Fsp3) is 0. The minimum absolute atomic E-state index is 0.984. The number of hydrogen-bond donors (Lipinski definition) is 1. The lowest BCUT2D eigenvalue weighted by atomic mass is 10.1. The molecule has 62 valence electrons. The van der Waals surface area contributed by atoms with E-state index in [-0.39, 0.29) is 0 Å². The Kier molecular flexibility index (Phi) is 1.16. The maximum absolute atomic E-state index is 4.15. The van der Waals surface area contributed by atoms with E-state index in [1.54, 1.807) is 6.20 Å². The molecule has 0 radical (unpaired) electrons. The van der Waals surface area contributed by atoms with Gasteiger partial charge in [0.15, 0.2) is 0 Å². The Hall–Kier alpha value is -1.90. The number of hydrogen-bond acceptors (Lipinski definition) is 2. The summed E-state index contributed by atoms with van der Waals surface area (Å²) in [5.41, 5.74) is 0.984. The van der Waals surface area contributed by atoms with Crippen LogP contribution in [0.2, 0.25) is 0 Å². The standard InChI is InChI=1S/C10H7N3/c1-2-7-4-5-8-6-11-13-12-10(8)9(7)3-1/h1-6,13H. The number of H-pyrrole nitrogens is 1. The van der Waals surface area contributed by atoms with Crippen molar-refractivity contribution >= 4 is 21.7 Å². The van der Waals surface area contributed by atoms with Crippen LogP contribution in [0, 0.1) is 0 Å². The first-order valence-electron chi connectivity index (χ1n) is 4.12. The van der Waals surface area contributed by atoms with Crippen molar-refractivity contribution in [2.45, 2.75) is 0 Å². The molecule has 13 heavy (non-hydrogen) atoms. The summed E-state index contributed by atoms with van der Waals surface area (Å²) in [6.45, 7) is 0. The van der Waals surface area contributed by atoms with Crippen molar-refractivity contribution in [3.05, 3.63) is 36.5 Å². The van der Waals surface area contributed by atoms with E-state index >= 15 is 0 Å². The van der Waals surface area contributed by atoms with Crippen LogP contribution in [0.1, 0.15) is 0 Å². The molecule has 0 fully saturated rings. The summed E-state index contributed by atoms with van der Waals surface area (Å²) in [5, 5.41) is 14.1. The number of fused-ring (bicyclic) bond motifs is 3. The summed E-state index contributed by atoms with van der Waals surface area (Å²) in [4.78, 5) is 0. The van der Waals surface area contributed by atoms with E-state index in [1.165, 1.54) is 10.8 Å². The number of aromatic nitrogens is 3. The highest BCUT2D eigenvalue weighted by atomic mass is 15.3. The molecule has 2 aromatic carbocycles. The number of aromatic amines is 1. The second-order valence-corrected chi connectivity index (χ2v) is 3.00. The van der Waals surface area contributed by atoms with Gasteiger partial charge in [0.2, 0.25) is 0 Å². The number of nitrogens with zero attached hydrogens (tertiary/aromatic N) is 2. The van der Waals surface area contributed by atoms with E-state index < -0.39 is 0 Å². The molecule has 0 bridgehead atoms. The maximum Gasteiger partial charge on any atom is 0.102 e. The largest absolute Gasteiger partial charge is 0.197 e. The summed E-state index contributed by atoms with van der Waals surface area (Å²) >= 11 is 0. The van der Waals surface area contributed by atoms with Crippen LogP contribution in [0.5, 0.6) is 0 Å². The summed E-state index contributed by atoms with van der Waals surface area (Å²) in [5.74, 6) is 0. The zero-order chi connectivity index (χ0) is 8.67. The van der Waals surface area contributed by atoms with Gasteiger partial charge in [-0.25, -0.2) is 0 Å². The van der Waals surface area contributed by atoms with Gasteiger partial charge in [0.05, 0.1) is 6.20 Å². The predicted molar refractivity (Wildman–Crippen MR) is 51.4 cm³/mol. The monoisotopic (exact) mass is 169 g/mol. The molecule has 0 amide bonds. The van der Waals surface area contributed by atoms with Crippen LogP contribution < -0.4 is 0 Å². The maximum atomic E-state index is 4.15. The van der Waals surface area contributed by atoms with Crippen molar-refractivity contribution in [2.24, 2.45) is 0 Å². The third-order valence-electron chi connectivity index (χ3n) is 2.24. The number of rotatable bonds is 0. The Morgan fingerprint density at radius 2 is 1.92 bits per heavy atom. The van der Waals surface area contributed by atoms with E-state index in [1.807, 2.05) is 12.1 Å². The predicted octanol–water partition coefficient (Wildman–Crippen LogP) is 2.11. The zero-order valence-corrected chi connectivity index (χ0v) is 6.86. The molecular weight excluding hydrogens is 162 g/mol. The van der Waals surface area contributed by atoms with Crippen LogP contribution in [-0.4, -0.2) is 15.4 Å². The summed E-state index contributed by atoms with van der Waals surface area (Å²) in [6, 6.07) is 10.3. The number of benzene rings is 1. The molecule has 0 aliphatic rings. The lowest BCUT2D eigenvalue weighted by Crippen LogP contribution is -1.86. The number of nitrogens with one attached hydrogen (secondary N) is 1. The molecule has 0 unspecified atom stereocenters. The molecule has 3 rings (SSSR count). The molecular formula is C10H7N3. The van der Waals surface area contributed by atoms with Gasteiger partial charge < -0.3 is 0 Å². The molecule has 0 aliphatic carbocycles. The van der Waals surface area contributed by atoms with E-state index in [9.17, 15) is 0 Å². The zero-order valence-electron chi connectivity index (χ0n) is 6.86. The molecule has 0 aliphatic heterocycles. The van der Waals surface area contributed by atoms with Crippen molar-refractivity contribution < 1.29 is 0 Å². The first-order chi connectivity index (χ1) is 6.45. The van der Waals surface area contributed by atoms with Crippen LogP contribution in [0.15, 0.2) is 36.5 Å². The Bertz CT molecular complexity index is 568. The van der Waals surface area contributed by atoms with Crippen LogP contribution >= 0.6 is 0 Å². The van der Waals surface area contributed by atoms with E-state index in [0.29, 0.717) is 0 Å². The SMILES string of the molecule is c1cc2ccc3cn[nH]nc3c2c1. The molecule has 3 aromatic rings. The lowest BCUT2D eigenvalue weighted by Gasteiger charge is -1.96. The van der Waals surface area contributed by atoms with Gasteiger partial charge in [-0.1, -0.05) is 30.3 Å². The highest BCUT2D eigenvalue weighted by molar-refractivity contribution is 6.05. The molecule has 1 N–H and O–H groups in total. The molecule has 3 nitrogen and oxygen atoms in total. The summed E-state index contributed by atoms with van der Waals surface area (Å²) < 4.78 is 0. The second kappa shape index (κ2) is 2.29. The van der Waals surface area contributed by atoms with E-state index in [4.69, 9.17) is 0 Å². The topological polar surface area (TPSA) is 41.6 Å². The van der Waals surface area contributed by atoms with Gasteiger partial charge in [0, 0.05) is 10.8 Å². The van der Waals surface area contributed by atoms with Gasteiger partial charge in [-0.05, 0) is 5.39 Å². The molecule has 3 heteroatoms. The van der Waals surface area contributed by atoms with Gasteiger partial charge >= 0.3 is 0 Å². The minimum atomic E-state index is 0.984. The Morgan fingerprint density at radius 3 is 2.92 bits per heavy atom. The normalized spacial score (nSPS) is 11.1. The van der Waals surface area contributed by atoms with Crippen LogP contribution in [0.3, 0.4) is 0 Å². The average Bonchev–Trinajstić information content (AvgIpc) is 2.65. The molecule has 0 saturated carbocycles. The third kappa shape index (κ3) is 0.839. The van der Waals surface area contributed by atoms with Gasteiger partial charge in [0.1, 0.15) is 5.52 Å². The molecule has 0 saturated heterocycles. The average molecular weight is 169 g/mol. The molecule has 0 atom stereocenters. The fourth-order valence-electron chi connectivity index (χ4n) is 1.62. The van der Waals surface area contributed by atoms with Crippen molar-refractivity contribution in [1.82, 2.24) is 15.4 Å². The van der Waals surface area contributed by atoms with E-state index in [0.717, 1.165) is 10.9 Å². The summed E-state index contributed by atoms with van der Waals surface area (Å²) in [7, 11) is 0. The first-order valence-corrected chi connectivity index (χ1v) is 4.12. The third-order valence-corrected chi connectivity index (χ3v) is 2.24. The molecule has 1 heterocycles. The van der Waals surface area contributed by atoms with Gasteiger partial charge in [-0.3, -0.25) is 0 Å². The Morgan fingerprint density at radius 1 is 1.00 bits per heavy atom. The van der Waals surface area contributed by atoms with Gasteiger partial charge in [-0.2, -0.15) is 15.4 Å². The Balaban J connectivity index is 2.65. The highest BCUT2D eigenvalue weighted by Gasteiger charge is 2.00. The fourth-order valence-corrected chi connectivity index (χ4v) is 1.62. The van der Waals surface area contributed by atoms with E-state index in [2.05, 4.69) is 33.6 Å². The lowest BCUT2D eigenvalue weighted by molar-refractivity contribution is 0.897. The quantitative estimate of drug-likeness (QED) is 0.560. The van der Waals surface area contributed by atoms with Crippen molar-refractivity contribution in [3.8, 4) is 0 Å². The molecule has 1 aromatic heterocycles. The van der Waals surface area contributed by atoms with Crippen LogP contribution in [0.25, 0.3) is 21.7 Å². The Labute approximate surface area is 74.4 Å².